The molecule has 0 aromatic heterocycles. The van der Waals surface area contributed by atoms with Gasteiger partial charge in [-0.15, -0.1) is 0 Å². The van der Waals surface area contributed by atoms with Crippen LogP contribution in [0.2, 0.25) is 5.02 Å². The van der Waals surface area contributed by atoms with E-state index in [-0.39, 0.29) is 13.2 Å². The monoisotopic (exact) mass is 231 g/mol. The Morgan fingerprint density at radius 1 is 1.47 bits per heavy atom. The molecule has 0 fully saturated rings. The molecule has 5 heteroatoms. The molecule has 1 aromatic carbocycles. The molecule has 84 valence electrons. The molecule has 1 atom stereocenters. The third-order valence-electron chi connectivity index (χ3n) is 1.89. The Balaban J connectivity index is 2.69. The average Bonchev–Trinajstić information content (AvgIpc) is 2.26. The van der Waals surface area contributed by atoms with Gasteiger partial charge in [0.1, 0.15) is 18.5 Å². The number of benzene rings is 1. The Labute approximate surface area is 93.2 Å². The van der Waals surface area contributed by atoms with Gasteiger partial charge in [-0.3, -0.25) is 0 Å². The van der Waals surface area contributed by atoms with Gasteiger partial charge in [0.2, 0.25) is 0 Å². The predicted molar refractivity (Wildman–Crippen MR) is 57.9 cm³/mol. The van der Waals surface area contributed by atoms with Crippen LogP contribution >= 0.6 is 11.6 Å². The number of ether oxygens (including phenoxy) is 1. The Bertz CT molecular complexity index is 320. The molecule has 15 heavy (non-hydrogen) atoms. The third kappa shape index (κ3) is 3.68. The largest absolute Gasteiger partial charge is 0.490 e. The molecule has 0 saturated heterocycles. The maximum absolute atomic E-state index is 9.11. The second kappa shape index (κ2) is 5.92. The number of halogens is 1. The van der Waals surface area contributed by atoms with E-state index in [4.69, 9.17) is 32.3 Å². The van der Waals surface area contributed by atoms with Gasteiger partial charge in [0.15, 0.2) is 0 Å². The molecular formula is C10H14ClNO3. The van der Waals surface area contributed by atoms with Crippen LogP contribution in [0.4, 0.5) is 0 Å². The second-order valence-corrected chi connectivity index (χ2v) is 3.54. The fourth-order valence-corrected chi connectivity index (χ4v) is 1.23. The summed E-state index contributed by atoms with van der Waals surface area (Å²) in [4.78, 5) is 0. The SMILES string of the molecule is NCc1ccc(Cl)cc1OCC(O)CO. The van der Waals surface area contributed by atoms with E-state index >= 15 is 0 Å². The first kappa shape index (κ1) is 12.3. The molecule has 4 N–H and O–H groups in total. The van der Waals surface area contributed by atoms with Crippen molar-refractivity contribution in [2.75, 3.05) is 13.2 Å². The first-order valence-electron chi connectivity index (χ1n) is 4.57. The molecule has 0 saturated carbocycles. The van der Waals surface area contributed by atoms with Gasteiger partial charge in [0, 0.05) is 17.1 Å². The van der Waals surface area contributed by atoms with Gasteiger partial charge in [-0.2, -0.15) is 0 Å². The van der Waals surface area contributed by atoms with E-state index in [0.717, 1.165) is 5.56 Å². The van der Waals surface area contributed by atoms with Gasteiger partial charge in [-0.25, -0.2) is 0 Å². The summed E-state index contributed by atoms with van der Waals surface area (Å²) < 4.78 is 5.29. The Morgan fingerprint density at radius 3 is 2.80 bits per heavy atom. The van der Waals surface area contributed by atoms with Crippen LogP contribution in [0.1, 0.15) is 5.56 Å². The van der Waals surface area contributed by atoms with Gasteiger partial charge in [0.25, 0.3) is 0 Å². The summed E-state index contributed by atoms with van der Waals surface area (Å²) in [5, 5.41) is 18.3. The number of aliphatic hydroxyl groups is 2. The molecule has 0 spiro atoms. The van der Waals surface area contributed by atoms with E-state index in [9.17, 15) is 0 Å². The number of hydrogen-bond acceptors (Lipinski definition) is 4. The van der Waals surface area contributed by atoms with Crippen LogP contribution in [-0.2, 0) is 6.54 Å². The van der Waals surface area contributed by atoms with Gasteiger partial charge in [-0.05, 0) is 12.1 Å². The fraction of sp³-hybridized carbons (Fsp3) is 0.400. The summed E-state index contributed by atoms with van der Waals surface area (Å²) in [6.45, 7) is 0.0179. The number of nitrogens with two attached hydrogens (primary N) is 1. The standard InChI is InChI=1S/C10H14ClNO3/c11-8-2-1-7(4-12)10(3-8)15-6-9(14)5-13/h1-3,9,13-14H,4-6,12H2. The van der Waals surface area contributed by atoms with Crippen LogP contribution in [0.5, 0.6) is 5.75 Å². The summed E-state index contributed by atoms with van der Waals surface area (Å²) in [6, 6.07) is 5.12. The zero-order valence-corrected chi connectivity index (χ0v) is 8.94. The molecule has 0 aliphatic heterocycles. The van der Waals surface area contributed by atoms with E-state index in [1.807, 2.05) is 0 Å². The quantitative estimate of drug-likeness (QED) is 0.691. The van der Waals surface area contributed by atoms with Gasteiger partial charge >= 0.3 is 0 Å². The zero-order valence-electron chi connectivity index (χ0n) is 8.19. The van der Waals surface area contributed by atoms with E-state index in [0.29, 0.717) is 17.3 Å². The summed E-state index contributed by atoms with van der Waals surface area (Å²) in [6.07, 6.45) is -0.894. The molecule has 4 nitrogen and oxygen atoms in total. The van der Waals surface area contributed by atoms with Crippen molar-refractivity contribution in [3.63, 3.8) is 0 Å². The van der Waals surface area contributed by atoms with Crippen LogP contribution < -0.4 is 10.5 Å². The maximum atomic E-state index is 9.11. The lowest BCUT2D eigenvalue weighted by molar-refractivity contribution is 0.0533. The third-order valence-corrected chi connectivity index (χ3v) is 2.13. The van der Waals surface area contributed by atoms with Gasteiger partial charge < -0.3 is 20.7 Å². The van der Waals surface area contributed by atoms with Crippen molar-refractivity contribution in [3.05, 3.63) is 28.8 Å². The molecule has 0 amide bonds. The molecular weight excluding hydrogens is 218 g/mol. The fourth-order valence-electron chi connectivity index (χ4n) is 1.07. The molecule has 0 heterocycles. The molecule has 1 aromatic rings. The van der Waals surface area contributed by atoms with E-state index in [2.05, 4.69) is 0 Å². The minimum Gasteiger partial charge on any atom is -0.490 e. The van der Waals surface area contributed by atoms with Crippen LogP contribution in [0.25, 0.3) is 0 Å². The first-order chi connectivity index (χ1) is 7.17. The Hall–Kier alpha value is -0.810. The normalized spacial score (nSPS) is 12.5. The molecule has 1 rings (SSSR count). The summed E-state index contributed by atoms with van der Waals surface area (Å²) >= 11 is 5.79. The lowest BCUT2D eigenvalue weighted by Crippen LogP contribution is -2.21. The lowest BCUT2D eigenvalue weighted by atomic mass is 10.2. The first-order valence-corrected chi connectivity index (χ1v) is 4.95. The van der Waals surface area contributed by atoms with Crippen molar-refractivity contribution in [2.45, 2.75) is 12.6 Å². The van der Waals surface area contributed by atoms with Crippen LogP contribution in [0.15, 0.2) is 18.2 Å². The van der Waals surface area contributed by atoms with Crippen LogP contribution in [0, 0.1) is 0 Å². The van der Waals surface area contributed by atoms with Gasteiger partial charge in [-0.1, -0.05) is 17.7 Å². The van der Waals surface area contributed by atoms with Gasteiger partial charge in [0.05, 0.1) is 6.61 Å². The van der Waals surface area contributed by atoms with Crippen molar-refractivity contribution < 1.29 is 14.9 Å². The number of aliphatic hydroxyl groups excluding tert-OH is 2. The number of rotatable bonds is 5. The molecule has 0 aliphatic rings. The molecule has 1 unspecified atom stereocenters. The predicted octanol–water partition coefficient (Wildman–Crippen LogP) is 0.531. The van der Waals surface area contributed by atoms with Crippen molar-refractivity contribution in [1.29, 1.82) is 0 Å². The highest BCUT2D eigenvalue weighted by Crippen LogP contribution is 2.23. The van der Waals surface area contributed by atoms with Crippen molar-refractivity contribution in [2.24, 2.45) is 5.73 Å². The highest BCUT2D eigenvalue weighted by molar-refractivity contribution is 6.30. The lowest BCUT2D eigenvalue weighted by Gasteiger charge is -2.13. The van der Waals surface area contributed by atoms with Crippen molar-refractivity contribution in [1.82, 2.24) is 0 Å². The second-order valence-electron chi connectivity index (χ2n) is 3.10. The summed E-state index contributed by atoms with van der Waals surface area (Å²) in [5.41, 5.74) is 6.31. The Morgan fingerprint density at radius 2 is 2.20 bits per heavy atom. The van der Waals surface area contributed by atoms with Crippen LogP contribution in [-0.4, -0.2) is 29.5 Å². The van der Waals surface area contributed by atoms with E-state index in [1.165, 1.54) is 0 Å². The topological polar surface area (TPSA) is 75.7 Å². The Kier molecular flexibility index (Phi) is 4.84. The minimum absolute atomic E-state index is 0.0177. The average molecular weight is 232 g/mol. The van der Waals surface area contributed by atoms with Crippen molar-refractivity contribution >= 4 is 11.6 Å². The highest BCUT2D eigenvalue weighted by Gasteiger charge is 2.07. The van der Waals surface area contributed by atoms with Crippen LogP contribution in [0.3, 0.4) is 0 Å². The van der Waals surface area contributed by atoms with E-state index in [1.54, 1.807) is 18.2 Å². The highest BCUT2D eigenvalue weighted by atomic mass is 35.5. The molecule has 0 aliphatic carbocycles. The summed E-state index contributed by atoms with van der Waals surface area (Å²) in [7, 11) is 0. The smallest absolute Gasteiger partial charge is 0.125 e. The van der Waals surface area contributed by atoms with E-state index < -0.39 is 6.10 Å². The molecule has 0 bridgehead atoms. The number of hydrogen-bond donors (Lipinski definition) is 3. The maximum Gasteiger partial charge on any atom is 0.125 e. The molecule has 0 radical (unpaired) electrons. The zero-order chi connectivity index (χ0) is 11.3. The summed E-state index contributed by atoms with van der Waals surface area (Å²) in [5.74, 6) is 0.539. The minimum atomic E-state index is -0.894. The van der Waals surface area contributed by atoms with Crippen molar-refractivity contribution in [3.8, 4) is 5.75 Å².